The van der Waals surface area contributed by atoms with Gasteiger partial charge in [-0.15, -0.1) is 0 Å². The summed E-state index contributed by atoms with van der Waals surface area (Å²) >= 11 is 6.00. The van der Waals surface area contributed by atoms with E-state index in [1.54, 1.807) is 50.4 Å². The monoisotopic (exact) mass is 387 g/mol. The van der Waals surface area contributed by atoms with Gasteiger partial charge in [0.05, 0.1) is 13.2 Å². The van der Waals surface area contributed by atoms with Crippen LogP contribution in [0.1, 0.15) is 18.5 Å². The van der Waals surface area contributed by atoms with Crippen LogP contribution in [0, 0.1) is 5.92 Å². The van der Waals surface area contributed by atoms with Gasteiger partial charge in [0, 0.05) is 16.3 Å². The van der Waals surface area contributed by atoms with E-state index in [2.05, 4.69) is 16.0 Å². The zero-order valence-corrected chi connectivity index (χ0v) is 15.5. The minimum absolute atomic E-state index is 0.300. The molecule has 0 aliphatic carbocycles. The summed E-state index contributed by atoms with van der Waals surface area (Å²) in [5.41, 5.74) is 0.0157. The van der Waals surface area contributed by atoms with Crippen molar-refractivity contribution >= 4 is 29.2 Å². The first-order chi connectivity index (χ1) is 12.9. The third-order valence-corrected chi connectivity index (χ3v) is 5.06. The standard InChI is InChI=1S/C19H18ClN3O4/c1-19-14(17(24)21-11-6-3-5-10(20)9-11)15(22-18(25)23-19)12-7-4-8-13(26-2)16(12)27-19/h3-9,14-15H,1-2H3,(H,21,24)(H2,22,23,25)/t14-,15+,19+/m0/s1. The molecule has 0 aromatic heterocycles. The third kappa shape index (κ3) is 2.94. The first-order valence-electron chi connectivity index (χ1n) is 8.42. The summed E-state index contributed by atoms with van der Waals surface area (Å²) in [6, 6.07) is 11.3. The summed E-state index contributed by atoms with van der Waals surface area (Å²) in [7, 11) is 1.54. The average molecular weight is 388 g/mol. The number of benzene rings is 2. The van der Waals surface area contributed by atoms with Crippen molar-refractivity contribution in [2.75, 3.05) is 12.4 Å². The highest BCUT2D eigenvalue weighted by Crippen LogP contribution is 2.48. The van der Waals surface area contributed by atoms with E-state index in [0.29, 0.717) is 27.8 Å². The Balaban J connectivity index is 1.74. The van der Waals surface area contributed by atoms with Crippen molar-refractivity contribution in [3.63, 3.8) is 0 Å². The summed E-state index contributed by atoms with van der Waals surface area (Å²) < 4.78 is 11.5. The first kappa shape index (κ1) is 17.5. The SMILES string of the molecule is COc1cccc2c1O[C@@]1(C)NC(=O)N[C@H]2[C@H]1C(=O)Nc1cccc(Cl)c1. The summed E-state index contributed by atoms with van der Waals surface area (Å²) in [6.07, 6.45) is 0. The van der Waals surface area contributed by atoms with Crippen LogP contribution in [0.2, 0.25) is 5.02 Å². The average Bonchev–Trinajstić information content (AvgIpc) is 2.60. The Morgan fingerprint density at radius 3 is 2.81 bits per heavy atom. The van der Waals surface area contributed by atoms with Gasteiger partial charge >= 0.3 is 6.03 Å². The van der Waals surface area contributed by atoms with Crippen LogP contribution < -0.4 is 25.4 Å². The second-order valence-corrected chi connectivity index (χ2v) is 7.08. The number of hydrogen-bond acceptors (Lipinski definition) is 4. The van der Waals surface area contributed by atoms with Crippen molar-refractivity contribution in [3.8, 4) is 11.5 Å². The number of rotatable bonds is 3. The number of anilines is 1. The maximum atomic E-state index is 13.1. The maximum Gasteiger partial charge on any atom is 0.318 e. The zero-order valence-electron chi connectivity index (χ0n) is 14.7. The Morgan fingerprint density at radius 1 is 1.30 bits per heavy atom. The molecule has 0 saturated carbocycles. The van der Waals surface area contributed by atoms with Gasteiger partial charge in [-0.2, -0.15) is 0 Å². The fourth-order valence-electron chi connectivity index (χ4n) is 3.68. The largest absolute Gasteiger partial charge is 0.493 e. The van der Waals surface area contributed by atoms with Crippen LogP contribution in [0.25, 0.3) is 0 Å². The van der Waals surface area contributed by atoms with Crippen molar-refractivity contribution in [2.45, 2.75) is 18.7 Å². The number of carbonyl (C=O) groups excluding carboxylic acids is 2. The van der Waals surface area contributed by atoms with Gasteiger partial charge in [-0.1, -0.05) is 29.8 Å². The lowest BCUT2D eigenvalue weighted by molar-refractivity contribution is -0.133. The Morgan fingerprint density at radius 2 is 2.07 bits per heavy atom. The van der Waals surface area contributed by atoms with Crippen molar-refractivity contribution in [3.05, 3.63) is 53.1 Å². The fraction of sp³-hybridized carbons (Fsp3) is 0.263. The molecule has 8 heteroatoms. The first-order valence-corrected chi connectivity index (χ1v) is 8.80. The predicted molar refractivity (Wildman–Crippen MR) is 100 cm³/mol. The molecule has 2 aliphatic heterocycles. The van der Waals surface area contributed by atoms with Gasteiger partial charge in [0.15, 0.2) is 17.2 Å². The Labute approximate surface area is 161 Å². The molecule has 3 amide bonds. The molecule has 0 spiro atoms. The molecule has 1 fully saturated rings. The predicted octanol–water partition coefficient (Wildman–Crippen LogP) is 3.07. The molecule has 3 atom stereocenters. The molecule has 4 rings (SSSR count). The molecular weight excluding hydrogens is 370 g/mol. The molecule has 2 aliphatic rings. The second kappa shape index (κ2) is 6.35. The van der Waals surface area contributed by atoms with E-state index in [0.717, 1.165) is 0 Å². The number of para-hydroxylation sites is 1. The Bertz CT molecular complexity index is 935. The van der Waals surface area contributed by atoms with E-state index in [4.69, 9.17) is 21.1 Å². The van der Waals surface area contributed by atoms with Crippen molar-refractivity contribution in [1.29, 1.82) is 0 Å². The molecule has 2 aromatic rings. The molecule has 7 nitrogen and oxygen atoms in total. The number of halogens is 1. The molecular formula is C19H18ClN3O4. The smallest absolute Gasteiger partial charge is 0.318 e. The van der Waals surface area contributed by atoms with Gasteiger partial charge in [0.1, 0.15) is 5.92 Å². The number of urea groups is 1. The highest BCUT2D eigenvalue weighted by atomic mass is 35.5. The lowest BCUT2D eigenvalue weighted by atomic mass is 9.79. The number of nitrogens with one attached hydrogen (secondary N) is 3. The van der Waals surface area contributed by atoms with Gasteiger partial charge in [0.25, 0.3) is 0 Å². The van der Waals surface area contributed by atoms with Gasteiger partial charge < -0.3 is 20.1 Å². The van der Waals surface area contributed by atoms with Crippen LogP contribution in [0.15, 0.2) is 42.5 Å². The molecule has 1 saturated heterocycles. The summed E-state index contributed by atoms with van der Waals surface area (Å²) in [5.74, 6) is 0.0294. The van der Waals surface area contributed by atoms with Crippen LogP contribution in [-0.2, 0) is 4.79 Å². The molecule has 2 aromatic carbocycles. The van der Waals surface area contributed by atoms with Crippen molar-refractivity contribution in [1.82, 2.24) is 10.6 Å². The lowest BCUT2D eigenvalue weighted by Gasteiger charge is -2.49. The van der Waals surface area contributed by atoms with E-state index in [9.17, 15) is 9.59 Å². The van der Waals surface area contributed by atoms with E-state index in [-0.39, 0.29) is 5.91 Å². The summed E-state index contributed by atoms with van der Waals surface area (Å²) in [4.78, 5) is 25.2. The highest BCUT2D eigenvalue weighted by molar-refractivity contribution is 6.30. The Hall–Kier alpha value is -2.93. The van der Waals surface area contributed by atoms with Crippen LogP contribution in [-0.4, -0.2) is 24.8 Å². The topological polar surface area (TPSA) is 88.7 Å². The lowest BCUT2D eigenvalue weighted by Crippen LogP contribution is -2.70. The number of amides is 3. The summed E-state index contributed by atoms with van der Waals surface area (Å²) in [6.45, 7) is 1.68. The van der Waals surface area contributed by atoms with Gasteiger partial charge in [-0.25, -0.2) is 4.79 Å². The number of hydrogen-bond donors (Lipinski definition) is 3. The van der Waals surface area contributed by atoms with E-state index in [1.165, 1.54) is 0 Å². The molecule has 0 unspecified atom stereocenters. The van der Waals surface area contributed by atoms with Crippen molar-refractivity contribution in [2.24, 2.45) is 5.92 Å². The zero-order chi connectivity index (χ0) is 19.2. The quantitative estimate of drug-likeness (QED) is 0.755. The molecule has 27 heavy (non-hydrogen) atoms. The van der Waals surface area contributed by atoms with E-state index >= 15 is 0 Å². The number of fused-ring (bicyclic) bond motifs is 4. The van der Waals surface area contributed by atoms with Gasteiger partial charge in [-0.05, 0) is 31.2 Å². The molecule has 0 radical (unpaired) electrons. The van der Waals surface area contributed by atoms with E-state index in [1.807, 2.05) is 6.07 Å². The minimum Gasteiger partial charge on any atom is -0.493 e. The molecule has 140 valence electrons. The van der Waals surface area contributed by atoms with Crippen LogP contribution in [0.3, 0.4) is 0 Å². The van der Waals surface area contributed by atoms with Crippen LogP contribution in [0.4, 0.5) is 10.5 Å². The molecule has 2 bridgehead atoms. The van der Waals surface area contributed by atoms with Crippen LogP contribution >= 0.6 is 11.6 Å². The summed E-state index contributed by atoms with van der Waals surface area (Å²) in [5, 5.41) is 8.93. The highest BCUT2D eigenvalue weighted by Gasteiger charge is 2.56. The van der Waals surface area contributed by atoms with E-state index < -0.39 is 23.7 Å². The molecule has 3 N–H and O–H groups in total. The number of carbonyl (C=O) groups is 2. The normalized spacial score (nSPS) is 25.4. The van der Waals surface area contributed by atoms with Gasteiger partial charge in [-0.3, -0.25) is 10.1 Å². The van der Waals surface area contributed by atoms with Gasteiger partial charge in [0.2, 0.25) is 5.91 Å². The van der Waals surface area contributed by atoms with Crippen LogP contribution in [0.5, 0.6) is 11.5 Å². The fourth-order valence-corrected chi connectivity index (χ4v) is 3.87. The molecule has 2 heterocycles. The third-order valence-electron chi connectivity index (χ3n) is 4.83. The second-order valence-electron chi connectivity index (χ2n) is 6.64. The Kier molecular flexibility index (Phi) is 4.11. The van der Waals surface area contributed by atoms with Crippen molar-refractivity contribution < 1.29 is 19.1 Å². The maximum absolute atomic E-state index is 13.1. The minimum atomic E-state index is -1.24. The number of ether oxygens (including phenoxy) is 2. The number of methoxy groups -OCH3 is 1.